The highest BCUT2D eigenvalue weighted by Gasteiger charge is 2.28. The lowest BCUT2D eigenvalue weighted by molar-refractivity contribution is -0.134. The molecule has 4 aromatic carbocycles. The highest BCUT2D eigenvalue weighted by atomic mass is 19.3. The second-order valence-electron chi connectivity index (χ2n) is 13.8. The van der Waals surface area contributed by atoms with E-state index >= 15 is 0 Å². The Balaban J connectivity index is 1.24. The molecule has 0 fully saturated rings. The van der Waals surface area contributed by atoms with Crippen molar-refractivity contribution in [3.8, 4) is 28.1 Å². The van der Waals surface area contributed by atoms with Crippen LogP contribution in [0.2, 0.25) is 0 Å². The number of nitrogens with zero attached hydrogens (tertiary/aromatic N) is 4. The van der Waals surface area contributed by atoms with E-state index in [2.05, 4.69) is 30.3 Å². The SMILES string of the molecule is CCCN(Cc1ncc(-c2ccc(-c3ccc4c(ccc5nc(CN(CCC)C(=O)[C@H](NC(=O)OC)c6ccccc6)[nH]c54)c3)c(OC(F)F)c2)[nH]1)C(=O)CNC(=O)OC. The molecule has 0 saturated heterocycles. The van der Waals surface area contributed by atoms with Gasteiger partial charge in [-0.15, -0.1) is 0 Å². The number of hydrogen-bond donors (Lipinski definition) is 4. The van der Waals surface area contributed by atoms with E-state index in [0.717, 1.165) is 16.3 Å². The molecule has 0 aliphatic heterocycles. The first-order valence-electron chi connectivity index (χ1n) is 19.3. The summed E-state index contributed by atoms with van der Waals surface area (Å²) in [6, 6.07) is 22.2. The summed E-state index contributed by atoms with van der Waals surface area (Å²) in [7, 11) is 2.45. The molecule has 17 heteroatoms. The second-order valence-corrected chi connectivity index (χ2v) is 13.8. The van der Waals surface area contributed by atoms with Gasteiger partial charge in [0.25, 0.3) is 0 Å². The van der Waals surface area contributed by atoms with Gasteiger partial charge in [0.1, 0.15) is 30.0 Å². The van der Waals surface area contributed by atoms with Crippen molar-refractivity contribution in [2.24, 2.45) is 0 Å². The van der Waals surface area contributed by atoms with Crippen molar-refractivity contribution in [2.75, 3.05) is 33.9 Å². The number of aromatic amines is 2. The Hall–Kier alpha value is -7.04. The van der Waals surface area contributed by atoms with Gasteiger partial charge in [0.05, 0.1) is 50.2 Å². The molecule has 6 aromatic rings. The highest BCUT2D eigenvalue weighted by molar-refractivity contribution is 6.05. The summed E-state index contributed by atoms with van der Waals surface area (Å²) >= 11 is 0. The van der Waals surface area contributed by atoms with Gasteiger partial charge in [-0.2, -0.15) is 8.78 Å². The summed E-state index contributed by atoms with van der Waals surface area (Å²) in [5.74, 6) is 0.315. The standard InChI is InChI=1S/C43H46F2N8O7/c1-5-18-52(37(54)23-47-42(56)58-3)24-35-46-22-33(49-35)29-13-15-30(34(21-29)60-41(44)45)27-12-16-31-28(20-27)14-17-32-39(31)50-36(48-32)25-53(19-6-2)40(55)38(51-43(57)59-4)26-10-8-7-9-11-26/h7-17,20-22,38,41H,5-6,18-19,23-25H2,1-4H3,(H,46,49)(H,47,56)(H,48,50)(H,51,57)/t38-/m1/s1. The van der Waals surface area contributed by atoms with Crippen LogP contribution in [0.5, 0.6) is 5.75 Å². The van der Waals surface area contributed by atoms with E-state index in [1.54, 1.807) is 52.4 Å². The largest absolute Gasteiger partial charge is 0.453 e. The predicted molar refractivity (Wildman–Crippen MR) is 220 cm³/mol. The molecule has 0 unspecified atom stereocenters. The lowest BCUT2D eigenvalue weighted by Crippen LogP contribution is -2.43. The predicted octanol–water partition coefficient (Wildman–Crippen LogP) is 7.31. The number of methoxy groups -OCH3 is 2. The van der Waals surface area contributed by atoms with Gasteiger partial charge in [-0.1, -0.05) is 68.4 Å². The van der Waals surface area contributed by atoms with Crippen molar-refractivity contribution in [1.29, 1.82) is 0 Å². The lowest BCUT2D eigenvalue weighted by atomic mass is 9.98. The number of rotatable bonds is 17. The first-order chi connectivity index (χ1) is 29.0. The molecule has 6 rings (SSSR count). The molecule has 314 valence electrons. The topological polar surface area (TPSA) is 184 Å². The number of hydrogen-bond acceptors (Lipinski definition) is 9. The van der Waals surface area contributed by atoms with Crippen LogP contribution in [0.4, 0.5) is 18.4 Å². The zero-order chi connectivity index (χ0) is 42.8. The minimum Gasteiger partial charge on any atom is -0.453 e. The first kappa shape index (κ1) is 42.6. The van der Waals surface area contributed by atoms with Gasteiger partial charge in [-0.25, -0.2) is 19.6 Å². The third kappa shape index (κ3) is 10.1. The van der Waals surface area contributed by atoms with Gasteiger partial charge < -0.3 is 44.6 Å². The van der Waals surface area contributed by atoms with E-state index in [0.29, 0.717) is 71.0 Å². The molecule has 4 N–H and O–H groups in total. The summed E-state index contributed by atoms with van der Waals surface area (Å²) in [5.41, 5.74) is 4.15. The van der Waals surface area contributed by atoms with Crippen LogP contribution < -0.4 is 15.4 Å². The van der Waals surface area contributed by atoms with Crippen LogP contribution in [0.1, 0.15) is 49.9 Å². The molecular weight excluding hydrogens is 779 g/mol. The molecule has 15 nitrogen and oxygen atoms in total. The van der Waals surface area contributed by atoms with Gasteiger partial charge in [-0.05, 0) is 53.6 Å². The van der Waals surface area contributed by atoms with E-state index < -0.39 is 24.8 Å². The van der Waals surface area contributed by atoms with Crippen molar-refractivity contribution in [2.45, 2.75) is 52.4 Å². The first-order valence-corrected chi connectivity index (χ1v) is 19.3. The summed E-state index contributed by atoms with van der Waals surface area (Å²) in [6.07, 6.45) is 1.44. The number of amides is 4. The molecule has 0 bridgehead atoms. The van der Waals surface area contributed by atoms with Crippen LogP contribution in [0, 0.1) is 0 Å². The Morgan fingerprint density at radius 1 is 0.800 bits per heavy atom. The average Bonchev–Trinajstić information content (AvgIpc) is 3.91. The zero-order valence-corrected chi connectivity index (χ0v) is 33.6. The number of halogens is 2. The third-order valence-corrected chi connectivity index (χ3v) is 9.70. The summed E-state index contributed by atoms with van der Waals surface area (Å²) < 4.78 is 42.1. The third-order valence-electron chi connectivity index (χ3n) is 9.70. The summed E-state index contributed by atoms with van der Waals surface area (Å²) in [6.45, 7) is 1.65. The number of aromatic nitrogens is 4. The normalized spacial score (nSPS) is 11.7. The lowest BCUT2D eigenvalue weighted by Gasteiger charge is -2.27. The van der Waals surface area contributed by atoms with Crippen LogP contribution in [0.25, 0.3) is 44.2 Å². The fourth-order valence-electron chi connectivity index (χ4n) is 6.90. The maximum atomic E-state index is 13.9. The molecule has 1 atom stereocenters. The summed E-state index contributed by atoms with van der Waals surface area (Å²) in [4.78, 5) is 69.4. The van der Waals surface area contributed by atoms with E-state index in [1.807, 2.05) is 50.2 Å². The number of imidazole rings is 2. The molecule has 0 aliphatic rings. The molecule has 0 saturated carbocycles. The second kappa shape index (κ2) is 19.6. The fraction of sp³-hybridized carbons (Fsp3) is 0.302. The number of benzene rings is 4. The zero-order valence-electron chi connectivity index (χ0n) is 33.6. The van der Waals surface area contributed by atoms with Crippen molar-refractivity contribution in [3.63, 3.8) is 0 Å². The Kier molecular flexibility index (Phi) is 13.9. The van der Waals surface area contributed by atoms with Crippen LogP contribution in [0.3, 0.4) is 0 Å². The maximum absolute atomic E-state index is 13.9. The molecule has 0 aliphatic carbocycles. The number of fused-ring (bicyclic) bond motifs is 3. The Labute approximate surface area is 344 Å². The van der Waals surface area contributed by atoms with Crippen molar-refractivity contribution in [1.82, 2.24) is 40.4 Å². The molecule has 0 spiro atoms. The van der Waals surface area contributed by atoms with Crippen LogP contribution >= 0.6 is 0 Å². The molecule has 0 radical (unpaired) electrons. The number of carbonyl (C=O) groups excluding carboxylic acids is 4. The number of alkyl halides is 2. The van der Waals surface area contributed by atoms with Gasteiger partial charge >= 0.3 is 18.8 Å². The number of alkyl carbamates (subject to hydrolysis) is 2. The minimum atomic E-state index is -3.09. The smallest absolute Gasteiger partial charge is 0.407 e. The van der Waals surface area contributed by atoms with Crippen molar-refractivity contribution in [3.05, 3.63) is 102 Å². The maximum Gasteiger partial charge on any atom is 0.407 e. The molecule has 60 heavy (non-hydrogen) atoms. The fourth-order valence-corrected chi connectivity index (χ4v) is 6.90. The van der Waals surface area contributed by atoms with E-state index in [-0.39, 0.29) is 37.2 Å². The summed E-state index contributed by atoms with van der Waals surface area (Å²) in [5, 5.41) is 6.68. The van der Waals surface area contributed by atoms with E-state index in [9.17, 15) is 28.0 Å². The number of H-pyrrole nitrogens is 2. The Morgan fingerprint density at radius 2 is 1.52 bits per heavy atom. The molecule has 4 amide bonds. The number of nitrogens with one attached hydrogen (secondary N) is 4. The minimum absolute atomic E-state index is 0.0456. The van der Waals surface area contributed by atoms with Crippen LogP contribution in [0.15, 0.2) is 85.1 Å². The molecule has 2 heterocycles. The quantitative estimate of drug-likeness (QED) is 0.0733. The monoisotopic (exact) mass is 824 g/mol. The van der Waals surface area contributed by atoms with Crippen molar-refractivity contribution >= 4 is 45.8 Å². The average molecular weight is 825 g/mol. The van der Waals surface area contributed by atoms with E-state index in [1.165, 1.54) is 20.3 Å². The molecular formula is C43H46F2N8O7. The van der Waals surface area contributed by atoms with Gasteiger partial charge in [0.15, 0.2) is 0 Å². The Bertz CT molecular complexity index is 2460. The number of ether oxygens (including phenoxy) is 3. The molecule has 2 aromatic heterocycles. The Morgan fingerprint density at radius 3 is 2.23 bits per heavy atom. The van der Waals surface area contributed by atoms with Crippen molar-refractivity contribution < 1.29 is 42.2 Å². The van der Waals surface area contributed by atoms with Crippen LogP contribution in [-0.4, -0.2) is 94.2 Å². The van der Waals surface area contributed by atoms with Gasteiger partial charge in [0.2, 0.25) is 11.8 Å². The van der Waals surface area contributed by atoms with E-state index in [4.69, 9.17) is 14.5 Å². The van der Waals surface area contributed by atoms with Crippen LogP contribution in [-0.2, 0) is 32.2 Å². The van der Waals surface area contributed by atoms with Gasteiger partial charge in [-0.3, -0.25) is 9.59 Å². The number of carbonyl (C=O) groups is 4. The highest BCUT2D eigenvalue weighted by Crippen LogP contribution is 2.37. The van der Waals surface area contributed by atoms with Gasteiger partial charge in [0, 0.05) is 29.6 Å².